The highest BCUT2D eigenvalue weighted by molar-refractivity contribution is 9.11. The molecule has 0 aliphatic rings. The fraction of sp³-hybridized carbons (Fsp3) is 0.500. The van der Waals surface area contributed by atoms with Crippen molar-refractivity contribution < 1.29 is 0 Å². The molecule has 0 radical (unpaired) electrons. The van der Waals surface area contributed by atoms with Crippen LogP contribution in [0.4, 0.5) is 5.69 Å². The van der Waals surface area contributed by atoms with Gasteiger partial charge < -0.3 is 5.32 Å². The topological polar surface area (TPSA) is 12.0 Å². The average molecular weight is 335 g/mol. The lowest BCUT2D eigenvalue weighted by Gasteiger charge is -2.08. The minimum Gasteiger partial charge on any atom is -0.384 e. The highest BCUT2D eigenvalue weighted by atomic mass is 79.9. The molecule has 0 amide bonds. The summed E-state index contributed by atoms with van der Waals surface area (Å²) in [7, 11) is 0. The van der Waals surface area contributed by atoms with Crippen molar-refractivity contribution in [3.63, 3.8) is 0 Å². The Balaban J connectivity index is 2.33. The molecule has 15 heavy (non-hydrogen) atoms. The first kappa shape index (κ1) is 13.0. The zero-order valence-electron chi connectivity index (χ0n) is 9.02. The molecule has 1 aromatic carbocycles. The van der Waals surface area contributed by atoms with E-state index in [1.54, 1.807) is 0 Å². The van der Waals surface area contributed by atoms with Crippen LogP contribution in [0.2, 0.25) is 0 Å². The lowest BCUT2D eigenvalue weighted by Crippen LogP contribution is -2.01. The Labute approximate surface area is 109 Å². The number of halogens is 2. The molecule has 3 heteroatoms. The number of rotatable bonds is 6. The zero-order chi connectivity index (χ0) is 11.1. The SMILES string of the molecule is CCCCCCNc1cc(Br)ccc1Br. The Morgan fingerprint density at radius 2 is 1.93 bits per heavy atom. The molecule has 0 heterocycles. The molecule has 0 spiro atoms. The zero-order valence-corrected chi connectivity index (χ0v) is 12.2. The van der Waals surface area contributed by atoms with Crippen molar-refractivity contribution in [3.8, 4) is 0 Å². The maximum atomic E-state index is 3.53. The molecule has 0 saturated carbocycles. The molecule has 0 saturated heterocycles. The Bertz CT molecular complexity index is 300. The molecule has 0 unspecified atom stereocenters. The van der Waals surface area contributed by atoms with E-state index >= 15 is 0 Å². The van der Waals surface area contributed by atoms with Gasteiger partial charge in [0.1, 0.15) is 0 Å². The number of unbranched alkanes of at least 4 members (excludes halogenated alkanes) is 3. The van der Waals surface area contributed by atoms with Crippen LogP contribution in [-0.2, 0) is 0 Å². The van der Waals surface area contributed by atoms with Gasteiger partial charge in [-0.1, -0.05) is 42.1 Å². The number of hydrogen-bond acceptors (Lipinski definition) is 1. The van der Waals surface area contributed by atoms with Crippen molar-refractivity contribution in [3.05, 3.63) is 27.1 Å². The van der Waals surface area contributed by atoms with E-state index in [9.17, 15) is 0 Å². The quantitative estimate of drug-likeness (QED) is 0.704. The Hall–Kier alpha value is -0.0200. The average Bonchev–Trinajstić information content (AvgIpc) is 2.23. The van der Waals surface area contributed by atoms with Crippen LogP contribution in [0, 0.1) is 0 Å². The van der Waals surface area contributed by atoms with Gasteiger partial charge in [0.15, 0.2) is 0 Å². The van der Waals surface area contributed by atoms with Crippen LogP contribution in [0.3, 0.4) is 0 Å². The van der Waals surface area contributed by atoms with Gasteiger partial charge in [-0.2, -0.15) is 0 Å². The second kappa shape index (κ2) is 7.29. The summed E-state index contributed by atoms with van der Waals surface area (Å²) in [4.78, 5) is 0. The summed E-state index contributed by atoms with van der Waals surface area (Å²) in [6.45, 7) is 3.29. The van der Waals surface area contributed by atoms with Gasteiger partial charge in [0.05, 0.1) is 0 Å². The summed E-state index contributed by atoms with van der Waals surface area (Å²) in [5.41, 5.74) is 1.17. The third-order valence-corrected chi connectivity index (χ3v) is 3.46. The van der Waals surface area contributed by atoms with Crippen LogP contribution >= 0.6 is 31.9 Å². The number of nitrogens with one attached hydrogen (secondary N) is 1. The molecule has 0 bridgehead atoms. The maximum Gasteiger partial charge on any atom is 0.0495 e. The predicted molar refractivity (Wildman–Crippen MR) is 74.5 cm³/mol. The van der Waals surface area contributed by atoms with Crippen LogP contribution in [0.15, 0.2) is 27.1 Å². The molecule has 1 N–H and O–H groups in total. The molecule has 0 aliphatic carbocycles. The minimum absolute atomic E-state index is 1.05. The van der Waals surface area contributed by atoms with Gasteiger partial charge >= 0.3 is 0 Å². The summed E-state index contributed by atoms with van der Waals surface area (Å²) in [6, 6.07) is 6.19. The van der Waals surface area contributed by atoms with Crippen molar-refractivity contribution in [2.75, 3.05) is 11.9 Å². The summed E-state index contributed by atoms with van der Waals surface area (Å²) in [5.74, 6) is 0. The molecule has 0 fully saturated rings. The first-order valence-electron chi connectivity index (χ1n) is 5.43. The van der Waals surface area contributed by atoms with E-state index in [0.29, 0.717) is 0 Å². The normalized spacial score (nSPS) is 10.3. The number of benzene rings is 1. The van der Waals surface area contributed by atoms with E-state index < -0.39 is 0 Å². The van der Waals surface area contributed by atoms with E-state index in [2.05, 4.69) is 56.2 Å². The maximum absolute atomic E-state index is 3.53. The van der Waals surface area contributed by atoms with Crippen molar-refractivity contribution in [1.29, 1.82) is 0 Å². The lowest BCUT2D eigenvalue weighted by molar-refractivity contribution is 0.685. The van der Waals surface area contributed by atoms with Gasteiger partial charge in [-0.25, -0.2) is 0 Å². The standard InChI is InChI=1S/C12H17Br2N/c1-2-3-4-5-8-15-12-9-10(13)6-7-11(12)14/h6-7,9,15H,2-5,8H2,1H3. The summed E-state index contributed by atoms with van der Waals surface area (Å²) >= 11 is 7.00. The summed E-state index contributed by atoms with van der Waals surface area (Å²) in [5, 5.41) is 3.44. The largest absolute Gasteiger partial charge is 0.384 e. The third-order valence-electron chi connectivity index (χ3n) is 2.27. The Morgan fingerprint density at radius 1 is 1.13 bits per heavy atom. The number of hydrogen-bond donors (Lipinski definition) is 1. The molecule has 0 aromatic heterocycles. The van der Waals surface area contributed by atoms with Gasteiger partial charge in [-0.15, -0.1) is 0 Å². The van der Waals surface area contributed by atoms with Crippen LogP contribution in [-0.4, -0.2) is 6.54 Å². The second-order valence-corrected chi connectivity index (χ2v) is 5.38. The van der Waals surface area contributed by atoms with Crippen LogP contribution in [0.25, 0.3) is 0 Å². The lowest BCUT2D eigenvalue weighted by atomic mass is 10.2. The Kier molecular flexibility index (Phi) is 6.34. The monoisotopic (exact) mass is 333 g/mol. The third kappa shape index (κ3) is 5.03. The van der Waals surface area contributed by atoms with E-state index in [1.165, 1.54) is 31.4 Å². The fourth-order valence-corrected chi connectivity index (χ4v) is 2.16. The summed E-state index contributed by atoms with van der Waals surface area (Å²) in [6.07, 6.45) is 5.18. The number of anilines is 1. The van der Waals surface area contributed by atoms with Crippen molar-refractivity contribution in [2.45, 2.75) is 32.6 Å². The van der Waals surface area contributed by atoms with Crippen molar-refractivity contribution in [1.82, 2.24) is 0 Å². The molecule has 84 valence electrons. The van der Waals surface area contributed by atoms with Gasteiger partial charge in [0, 0.05) is 21.2 Å². The van der Waals surface area contributed by atoms with Gasteiger partial charge in [0.2, 0.25) is 0 Å². The highest BCUT2D eigenvalue weighted by Gasteiger charge is 1.99. The fourth-order valence-electron chi connectivity index (χ4n) is 1.41. The Morgan fingerprint density at radius 3 is 2.67 bits per heavy atom. The van der Waals surface area contributed by atoms with Gasteiger partial charge in [0.25, 0.3) is 0 Å². The van der Waals surface area contributed by atoms with Crippen LogP contribution < -0.4 is 5.32 Å². The van der Waals surface area contributed by atoms with E-state index in [-0.39, 0.29) is 0 Å². The highest BCUT2D eigenvalue weighted by Crippen LogP contribution is 2.26. The van der Waals surface area contributed by atoms with E-state index in [4.69, 9.17) is 0 Å². The van der Waals surface area contributed by atoms with Crippen LogP contribution in [0.5, 0.6) is 0 Å². The van der Waals surface area contributed by atoms with Crippen LogP contribution in [0.1, 0.15) is 32.6 Å². The van der Waals surface area contributed by atoms with Gasteiger partial charge in [-0.3, -0.25) is 0 Å². The molecule has 0 aliphatic heterocycles. The summed E-state index contributed by atoms with van der Waals surface area (Å²) < 4.78 is 2.24. The second-order valence-electron chi connectivity index (χ2n) is 3.61. The van der Waals surface area contributed by atoms with E-state index in [1.807, 2.05) is 6.07 Å². The smallest absolute Gasteiger partial charge is 0.0495 e. The molecule has 1 aromatic rings. The molecule has 0 atom stereocenters. The molecular weight excluding hydrogens is 318 g/mol. The van der Waals surface area contributed by atoms with Gasteiger partial charge in [-0.05, 0) is 40.5 Å². The van der Waals surface area contributed by atoms with Crippen molar-refractivity contribution >= 4 is 37.5 Å². The molecule has 1 nitrogen and oxygen atoms in total. The first-order chi connectivity index (χ1) is 7.24. The van der Waals surface area contributed by atoms with Crippen molar-refractivity contribution in [2.24, 2.45) is 0 Å². The molecule has 1 rings (SSSR count). The van der Waals surface area contributed by atoms with E-state index in [0.717, 1.165) is 15.5 Å². The predicted octanol–water partition coefficient (Wildman–Crippen LogP) is 5.20. The minimum atomic E-state index is 1.05. The first-order valence-corrected chi connectivity index (χ1v) is 7.01. The molecular formula is C12H17Br2N.